The fourth-order valence-electron chi connectivity index (χ4n) is 3.51. The average molecular weight is 495 g/mol. The number of rotatable bonds is 5. The lowest BCUT2D eigenvalue weighted by Gasteiger charge is -2.28. The van der Waals surface area contributed by atoms with E-state index in [1.807, 2.05) is 0 Å². The minimum absolute atomic E-state index is 0.00968. The summed E-state index contributed by atoms with van der Waals surface area (Å²) in [7, 11) is -7.68. The molecule has 0 spiro atoms. The zero-order chi connectivity index (χ0) is 23.1. The van der Waals surface area contributed by atoms with Gasteiger partial charge in [-0.2, -0.15) is 4.31 Å². The zero-order valence-electron chi connectivity index (χ0n) is 17.0. The van der Waals surface area contributed by atoms with Crippen LogP contribution in [0.3, 0.4) is 0 Å². The number of fused-ring (bicyclic) bond motifs is 1. The molecule has 0 unspecified atom stereocenters. The minimum Gasteiger partial charge on any atom is -0.280 e. The second-order valence-electron chi connectivity index (χ2n) is 7.54. The van der Waals surface area contributed by atoms with Gasteiger partial charge in [0.1, 0.15) is 5.82 Å². The smallest absolute Gasteiger partial charge is 0.261 e. The first-order valence-electron chi connectivity index (χ1n) is 9.73. The lowest BCUT2D eigenvalue weighted by molar-refractivity contribution is 0.391. The van der Waals surface area contributed by atoms with E-state index >= 15 is 0 Å². The predicted octanol–water partition coefficient (Wildman–Crippen LogP) is 4.34. The average Bonchev–Trinajstić information content (AvgIpc) is 2.75. The van der Waals surface area contributed by atoms with Crippen LogP contribution >= 0.6 is 11.6 Å². The fraction of sp³-hybridized carbons (Fsp3) is 0.182. The summed E-state index contributed by atoms with van der Waals surface area (Å²) in [6, 6.07) is 14.2. The second kappa shape index (κ2) is 8.47. The zero-order valence-corrected chi connectivity index (χ0v) is 19.4. The molecule has 6 nitrogen and oxygen atoms in total. The molecular formula is C22H20ClFN2O4S2. The summed E-state index contributed by atoms with van der Waals surface area (Å²) >= 11 is 6.06. The minimum atomic E-state index is -3.87. The Bertz CT molecular complexity index is 1390. The Morgan fingerprint density at radius 1 is 0.906 bits per heavy atom. The van der Waals surface area contributed by atoms with Crippen LogP contribution in [-0.4, -0.2) is 27.7 Å². The molecule has 0 amide bonds. The predicted molar refractivity (Wildman–Crippen MR) is 121 cm³/mol. The number of aryl methyl sites for hydroxylation is 1. The first-order valence-corrected chi connectivity index (χ1v) is 13.0. The molecule has 0 aliphatic carbocycles. The summed E-state index contributed by atoms with van der Waals surface area (Å²) in [5.41, 5.74) is 2.73. The molecule has 0 saturated heterocycles. The van der Waals surface area contributed by atoms with Crippen molar-refractivity contribution in [1.82, 2.24) is 4.31 Å². The molecule has 32 heavy (non-hydrogen) atoms. The van der Waals surface area contributed by atoms with Gasteiger partial charge in [0.2, 0.25) is 10.0 Å². The first kappa shape index (κ1) is 22.7. The number of anilines is 1. The monoisotopic (exact) mass is 494 g/mol. The maximum atomic E-state index is 13.2. The van der Waals surface area contributed by atoms with Crippen LogP contribution in [-0.2, 0) is 33.0 Å². The van der Waals surface area contributed by atoms with Gasteiger partial charge in [-0.25, -0.2) is 21.2 Å². The van der Waals surface area contributed by atoms with Crippen LogP contribution in [0.2, 0.25) is 5.02 Å². The van der Waals surface area contributed by atoms with Gasteiger partial charge in [-0.15, -0.1) is 0 Å². The molecule has 1 N–H and O–H groups in total. The third kappa shape index (κ3) is 4.52. The number of sulfonamides is 2. The molecule has 0 atom stereocenters. The van der Waals surface area contributed by atoms with Crippen molar-refractivity contribution in [2.75, 3.05) is 11.3 Å². The summed E-state index contributed by atoms with van der Waals surface area (Å²) in [4.78, 5) is 0.0433. The molecule has 0 bridgehead atoms. The van der Waals surface area contributed by atoms with Crippen molar-refractivity contribution >= 4 is 37.3 Å². The normalized spacial score (nSPS) is 14.7. The van der Waals surface area contributed by atoms with Crippen molar-refractivity contribution in [3.63, 3.8) is 0 Å². The van der Waals surface area contributed by atoms with E-state index in [2.05, 4.69) is 4.72 Å². The van der Waals surface area contributed by atoms with Crippen LogP contribution in [0.1, 0.15) is 16.7 Å². The Morgan fingerprint density at radius 2 is 1.59 bits per heavy atom. The largest absolute Gasteiger partial charge is 0.280 e. The lowest BCUT2D eigenvalue weighted by Crippen LogP contribution is -2.36. The molecule has 0 fully saturated rings. The van der Waals surface area contributed by atoms with E-state index in [1.54, 1.807) is 31.2 Å². The molecule has 3 aromatic rings. The SMILES string of the molecule is Cc1ccc(S(=O)(=O)Nc2ccc3c(c2)CN(S(=O)(=O)c2ccc(F)cc2)CC3)cc1Cl. The Kier molecular flexibility index (Phi) is 6.02. The van der Waals surface area contributed by atoms with Crippen molar-refractivity contribution in [3.05, 3.63) is 88.2 Å². The van der Waals surface area contributed by atoms with Gasteiger partial charge in [-0.1, -0.05) is 23.7 Å². The molecule has 1 aliphatic heterocycles. The van der Waals surface area contributed by atoms with E-state index < -0.39 is 25.9 Å². The van der Waals surface area contributed by atoms with Crippen LogP contribution < -0.4 is 4.72 Å². The molecule has 1 aliphatic rings. The standard InChI is InChI=1S/C22H20ClFN2O4S2/c1-15-2-7-21(13-22(15)23)31(27,28)25-19-6-3-16-10-11-26(14-17(16)12-19)32(29,30)20-8-4-18(24)5-9-20/h2-9,12-13,25H,10-11,14H2,1H3. The number of benzene rings is 3. The molecule has 10 heteroatoms. The number of halogens is 2. The lowest BCUT2D eigenvalue weighted by atomic mass is 10.0. The topological polar surface area (TPSA) is 83.6 Å². The van der Waals surface area contributed by atoms with Crippen molar-refractivity contribution in [3.8, 4) is 0 Å². The van der Waals surface area contributed by atoms with E-state index in [1.165, 1.54) is 28.6 Å². The number of nitrogens with zero attached hydrogens (tertiary/aromatic N) is 1. The summed E-state index contributed by atoms with van der Waals surface area (Å²) in [6.07, 6.45) is 0.482. The molecule has 0 saturated carbocycles. The molecule has 4 rings (SSSR count). The Hall–Kier alpha value is -2.46. The van der Waals surface area contributed by atoms with Crippen LogP contribution in [0.5, 0.6) is 0 Å². The van der Waals surface area contributed by atoms with Crippen LogP contribution in [0.15, 0.2) is 70.5 Å². The van der Waals surface area contributed by atoms with Gasteiger partial charge in [-0.3, -0.25) is 4.72 Å². The highest BCUT2D eigenvalue weighted by Crippen LogP contribution is 2.28. The summed E-state index contributed by atoms with van der Waals surface area (Å²) in [5.74, 6) is -0.514. The molecule has 0 aromatic heterocycles. The number of hydrogen-bond donors (Lipinski definition) is 1. The summed E-state index contributed by atoms with van der Waals surface area (Å²) in [5, 5.41) is 0.347. The van der Waals surface area contributed by atoms with Crippen molar-refractivity contribution in [2.24, 2.45) is 0 Å². The van der Waals surface area contributed by atoms with E-state index in [0.29, 0.717) is 22.7 Å². The fourth-order valence-corrected chi connectivity index (χ4v) is 6.25. The third-order valence-electron chi connectivity index (χ3n) is 5.34. The van der Waals surface area contributed by atoms with Gasteiger partial charge in [0, 0.05) is 23.8 Å². The molecule has 0 radical (unpaired) electrons. The van der Waals surface area contributed by atoms with Gasteiger partial charge in [0.15, 0.2) is 0 Å². The molecule has 1 heterocycles. The summed E-state index contributed by atoms with van der Waals surface area (Å²) in [6.45, 7) is 2.14. The highest BCUT2D eigenvalue weighted by Gasteiger charge is 2.28. The van der Waals surface area contributed by atoms with Crippen molar-refractivity contribution in [1.29, 1.82) is 0 Å². The van der Waals surface area contributed by atoms with Gasteiger partial charge in [0.25, 0.3) is 10.0 Å². The Morgan fingerprint density at radius 3 is 2.28 bits per heavy atom. The Balaban J connectivity index is 1.59. The Labute approximate surface area is 191 Å². The van der Waals surface area contributed by atoms with Crippen LogP contribution in [0, 0.1) is 12.7 Å². The van der Waals surface area contributed by atoms with E-state index in [4.69, 9.17) is 11.6 Å². The van der Waals surface area contributed by atoms with E-state index in [9.17, 15) is 21.2 Å². The molecule has 3 aromatic carbocycles. The summed E-state index contributed by atoms with van der Waals surface area (Å²) < 4.78 is 68.4. The number of nitrogens with one attached hydrogen (secondary N) is 1. The van der Waals surface area contributed by atoms with Gasteiger partial charge in [0.05, 0.1) is 9.79 Å². The van der Waals surface area contributed by atoms with E-state index in [0.717, 1.165) is 23.3 Å². The second-order valence-corrected chi connectivity index (χ2v) is 11.6. The van der Waals surface area contributed by atoms with Crippen molar-refractivity contribution in [2.45, 2.75) is 29.7 Å². The molecular weight excluding hydrogens is 475 g/mol. The quantitative estimate of drug-likeness (QED) is 0.572. The third-order valence-corrected chi connectivity index (χ3v) is 8.99. The van der Waals surface area contributed by atoms with Gasteiger partial charge in [-0.05, 0) is 78.6 Å². The van der Waals surface area contributed by atoms with Crippen LogP contribution in [0.25, 0.3) is 0 Å². The van der Waals surface area contributed by atoms with Gasteiger partial charge >= 0.3 is 0 Å². The molecule has 168 valence electrons. The van der Waals surface area contributed by atoms with Gasteiger partial charge < -0.3 is 0 Å². The highest BCUT2D eigenvalue weighted by atomic mass is 35.5. The highest BCUT2D eigenvalue weighted by molar-refractivity contribution is 7.92. The maximum absolute atomic E-state index is 13.2. The number of hydrogen-bond acceptors (Lipinski definition) is 4. The van der Waals surface area contributed by atoms with Crippen molar-refractivity contribution < 1.29 is 21.2 Å². The maximum Gasteiger partial charge on any atom is 0.261 e. The first-order chi connectivity index (χ1) is 15.1. The van der Waals surface area contributed by atoms with E-state index in [-0.39, 0.29) is 22.9 Å². The van der Waals surface area contributed by atoms with Crippen LogP contribution in [0.4, 0.5) is 10.1 Å².